The van der Waals surface area contributed by atoms with Gasteiger partial charge >= 0.3 is 5.97 Å². The summed E-state index contributed by atoms with van der Waals surface area (Å²) >= 11 is 1.10. The number of primary amides is 1. The van der Waals surface area contributed by atoms with Crippen LogP contribution in [0.15, 0.2) is 63.4 Å². The maximum Gasteiger partial charge on any atom is 0.338 e. The van der Waals surface area contributed by atoms with Gasteiger partial charge in [-0.1, -0.05) is 0 Å². The van der Waals surface area contributed by atoms with Crippen molar-refractivity contribution in [2.75, 3.05) is 5.32 Å². The van der Waals surface area contributed by atoms with E-state index in [0.717, 1.165) is 11.3 Å². The Balaban J connectivity index is 1.59. The highest BCUT2D eigenvalue weighted by Gasteiger charge is 2.22. The maximum atomic E-state index is 12.3. The lowest BCUT2D eigenvalue weighted by atomic mass is 10.2. The monoisotopic (exact) mass is 477 g/mol. The zero-order valence-corrected chi connectivity index (χ0v) is 18.4. The predicted molar refractivity (Wildman–Crippen MR) is 116 cm³/mol. The summed E-state index contributed by atoms with van der Waals surface area (Å²) in [5.74, 6) is -1.71. The van der Waals surface area contributed by atoms with Gasteiger partial charge in [-0.2, -0.15) is 0 Å². The highest BCUT2D eigenvalue weighted by Crippen LogP contribution is 2.23. The number of amides is 2. The highest BCUT2D eigenvalue weighted by atomic mass is 32.2. The van der Waals surface area contributed by atoms with Crippen molar-refractivity contribution in [3.05, 3.63) is 71.0 Å². The Kier molecular flexibility index (Phi) is 7.08. The van der Waals surface area contributed by atoms with Crippen molar-refractivity contribution in [3.63, 3.8) is 0 Å². The average molecular weight is 478 g/mol. The smallest absolute Gasteiger partial charge is 0.338 e. The summed E-state index contributed by atoms with van der Waals surface area (Å²) in [6.45, 7) is 1.34. The molecule has 2 aromatic heterocycles. The van der Waals surface area contributed by atoms with E-state index in [1.54, 1.807) is 17.5 Å². The van der Waals surface area contributed by atoms with Crippen LogP contribution in [-0.4, -0.2) is 32.3 Å². The van der Waals surface area contributed by atoms with Crippen molar-refractivity contribution in [2.45, 2.75) is 24.5 Å². The first-order valence-corrected chi connectivity index (χ1v) is 11.5. The van der Waals surface area contributed by atoms with Gasteiger partial charge in [-0.15, -0.1) is 11.3 Å². The van der Waals surface area contributed by atoms with Crippen molar-refractivity contribution in [3.8, 4) is 0 Å². The minimum Gasteiger partial charge on any atom is -0.468 e. The van der Waals surface area contributed by atoms with Crippen LogP contribution < -0.4 is 15.8 Å². The number of nitrogens with two attached hydrogens (primary N) is 1. The number of ether oxygens (including phenoxy) is 1. The van der Waals surface area contributed by atoms with Gasteiger partial charge in [0.05, 0.1) is 28.8 Å². The third kappa shape index (κ3) is 5.60. The SMILES string of the molecule is CC(OC(=O)c1ccc(S(=O)(=O)NCc2ccco2)cc1)C(=O)Nc1sccc1C(N)=O. The van der Waals surface area contributed by atoms with E-state index in [-0.39, 0.29) is 27.6 Å². The number of rotatable bonds is 9. The molecule has 1 aromatic carbocycles. The number of esters is 1. The quantitative estimate of drug-likeness (QED) is 0.398. The Hall–Kier alpha value is -3.48. The average Bonchev–Trinajstić information content (AvgIpc) is 3.44. The van der Waals surface area contributed by atoms with E-state index in [9.17, 15) is 22.8 Å². The highest BCUT2D eigenvalue weighted by molar-refractivity contribution is 7.89. The number of carbonyl (C=O) groups is 3. The van der Waals surface area contributed by atoms with Gasteiger partial charge in [0, 0.05) is 0 Å². The second-order valence-corrected chi connectivity index (χ2v) is 9.18. The molecule has 12 heteroatoms. The normalized spacial score (nSPS) is 12.2. The van der Waals surface area contributed by atoms with Crippen LogP contribution >= 0.6 is 11.3 Å². The van der Waals surface area contributed by atoms with Crippen LogP contribution in [0.1, 0.15) is 33.4 Å². The second-order valence-electron chi connectivity index (χ2n) is 6.49. The molecule has 0 aliphatic heterocycles. The van der Waals surface area contributed by atoms with E-state index in [1.807, 2.05) is 0 Å². The fraction of sp³-hybridized carbons (Fsp3) is 0.150. The molecule has 168 valence electrons. The van der Waals surface area contributed by atoms with Crippen LogP contribution in [0.25, 0.3) is 0 Å². The molecule has 0 fully saturated rings. The molecule has 0 bridgehead atoms. The van der Waals surface area contributed by atoms with Crippen LogP contribution in [0.4, 0.5) is 5.00 Å². The molecule has 0 radical (unpaired) electrons. The summed E-state index contributed by atoms with van der Waals surface area (Å²) in [5, 5.41) is 4.33. The first-order valence-electron chi connectivity index (χ1n) is 9.18. The number of sulfonamides is 1. The van der Waals surface area contributed by atoms with Crippen LogP contribution in [0, 0.1) is 0 Å². The number of furan rings is 1. The second kappa shape index (κ2) is 9.77. The number of thiophene rings is 1. The molecule has 3 aromatic rings. The summed E-state index contributed by atoms with van der Waals surface area (Å²) < 4.78 is 37.3. The fourth-order valence-electron chi connectivity index (χ4n) is 2.53. The molecule has 0 aliphatic rings. The van der Waals surface area contributed by atoms with Crippen molar-refractivity contribution < 1.29 is 32.0 Å². The lowest BCUT2D eigenvalue weighted by Gasteiger charge is -2.13. The Labute approximate surface area is 187 Å². The number of hydrogen-bond acceptors (Lipinski definition) is 8. The Morgan fingerprint density at radius 2 is 1.88 bits per heavy atom. The molecule has 1 atom stereocenters. The molecule has 2 amide bonds. The first-order chi connectivity index (χ1) is 15.2. The van der Waals surface area contributed by atoms with Gasteiger partial charge in [0.25, 0.3) is 11.8 Å². The van der Waals surface area contributed by atoms with Gasteiger partial charge in [0.15, 0.2) is 6.10 Å². The zero-order chi connectivity index (χ0) is 23.3. The van der Waals surface area contributed by atoms with E-state index in [0.29, 0.717) is 5.76 Å². The summed E-state index contributed by atoms with van der Waals surface area (Å²) in [4.78, 5) is 35.9. The van der Waals surface area contributed by atoms with Gasteiger partial charge in [0.2, 0.25) is 10.0 Å². The Morgan fingerprint density at radius 3 is 2.50 bits per heavy atom. The number of nitrogens with one attached hydrogen (secondary N) is 2. The van der Waals surface area contributed by atoms with Crippen molar-refractivity contribution in [1.29, 1.82) is 0 Å². The number of hydrogen-bond donors (Lipinski definition) is 3. The van der Waals surface area contributed by atoms with E-state index in [4.69, 9.17) is 14.9 Å². The van der Waals surface area contributed by atoms with Crippen LogP contribution in [0.3, 0.4) is 0 Å². The van der Waals surface area contributed by atoms with Gasteiger partial charge in [-0.3, -0.25) is 9.59 Å². The van der Waals surface area contributed by atoms with Crippen molar-refractivity contribution >= 4 is 44.1 Å². The minimum absolute atomic E-state index is 0.0204. The van der Waals surface area contributed by atoms with Crippen molar-refractivity contribution in [1.82, 2.24) is 4.72 Å². The first kappa shape index (κ1) is 23.2. The van der Waals surface area contributed by atoms with E-state index >= 15 is 0 Å². The molecule has 0 saturated carbocycles. The number of anilines is 1. The molecule has 1 unspecified atom stereocenters. The molecule has 32 heavy (non-hydrogen) atoms. The topological polar surface area (TPSA) is 158 Å². The molecule has 10 nitrogen and oxygen atoms in total. The lowest BCUT2D eigenvalue weighted by molar-refractivity contribution is -0.123. The van der Waals surface area contributed by atoms with E-state index in [1.165, 1.54) is 43.5 Å². The summed E-state index contributed by atoms with van der Waals surface area (Å²) in [6.07, 6.45) is 0.256. The van der Waals surface area contributed by atoms with Crippen LogP contribution in [0.5, 0.6) is 0 Å². The van der Waals surface area contributed by atoms with Crippen LogP contribution in [0.2, 0.25) is 0 Å². The summed E-state index contributed by atoms with van der Waals surface area (Å²) in [5.41, 5.74) is 5.44. The fourth-order valence-corrected chi connectivity index (χ4v) is 4.32. The van der Waals surface area contributed by atoms with Gasteiger partial charge in [-0.05, 0) is 54.8 Å². The Bertz CT molecular complexity index is 1220. The van der Waals surface area contributed by atoms with Crippen molar-refractivity contribution in [2.24, 2.45) is 5.73 Å². The largest absolute Gasteiger partial charge is 0.468 e. The third-order valence-electron chi connectivity index (χ3n) is 4.24. The summed E-state index contributed by atoms with van der Waals surface area (Å²) in [6, 6.07) is 9.79. The summed E-state index contributed by atoms with van der Waals surface area (Å²) in [7, 11) is -3.82. The van der Waals surface area contributed by atoms with E-state index < -0.39 is 33.9 Å². The van der Waals surface area contributed by atoms with Crippen LogP contribution in [-0.2, 0) is 26.1 Å². The zero-order valence-electron chi connectivity index (χ0n) is 16.7. The van der Waals surface area contributed by atoms with Gasteiger partial charge in [0.1, 0.15) is 10.8 Å². The van der Waals surface area contributed by atoms with Gasteiger partial charge < -0.3 is 20.2 Å². The molecule has 0 aliphatic carbocycles. The molecule has 3 rings (SSSR count). The van der Waals surface area contributed by atoms with Gasteiger partial charge in [-0.25, -0.2) is 17.9 Å². The molecule has 4 N–H and O–H groups in total. The Morgan fingerprint density at radius 1 is 1.16 bits per heavy atom. The molecule has 0 spiro atoms. The number of benzene rings is 1. The van der Waals surface area contributed by atoms with E-state index in [2.05, 4.69) is 10.0 Å². The molecular weight excluding hydrogens is 458 g/mol. The minimum atomic E-state index is -3.82. The number of carbonyl (C=O) groups excluding carboxylic acids is 3. The molecule has 0 saturated heterocycles. The maximum absolute atomic E-state index is 12.3. The standard InChI is InChI=1S/C20H19N3O7S2/c1-12(18(25)23-19-16(17(21)24)8-10-31-19)30-20(26)13-4-6-15(7-5-13)32(27,28)22-11-14-3-2-9-29-14/h2-10,12,22H,11H2,1H3,(H2,21,24)(H,23,25). The molecular formula is C20H19N3O7S2. The predicted octanol–water partition coefficient (Wildman–Crippen LogP) is 2.10. The molecule has 2 heterocycles. The third-order valence-corrected chi connectivity index (χ3v) is 6.48. The lowest BCUT2D eigenvalue weighted by Crippen LogP contribution is -2.30.